The SMILES string of the molecule is COc1c(Br)cc(F)c(C)c1C1(C(=O)O)CCCC1. The molecule has 1 saturated carbocycles. The third-order valence-corrected chi connectivity index (χ3v) is 4.57. The highest BCUT2D eigenvalue weighted by molar-refractivity contribution is 9.10. The molecule has 1 aromatic rings. The number of benzene rings is 1. The molecular weight excluding hydrogens is 315 g/mol. The number of aliphatic carboxylic acids is 1. The molecule has 19 heavy (non-hydrogen) atoms. The average Bonchev–Trinajstić information content (AvgIpc) is 2.83. The summed E-state index contributed by atoms with van der Waals surface area (Å²) in [5.74, 6) is -0.873. The number of hydrogen-bond donors (Lipinski definition) is 1. The summed E-state index contributed by atoms with van der Waals surface area (Å²) in [5.41, 5.74) is -0.184. The summed E-state index contributed by atoms with van der Waals surface area (Å²) in [4.78, 5) is 11.8. The van der Waals surface area contributed by atoms with Gasteiger partial charge in [0.2, 0.25) is 0 Å². The summed E-state index contributed by atoms with van der Waals surface area (Å²) in [6.45, 7) is 1.61. The second-order valence-corrected chi connectivity index (χ2v) is 5.82. The first-order chi connectivity index (χ1) is 8.94. The van der Waals surface area contributed by atoms with E-state index in [1.807, 2.05) is 0 Å². The van der Waals surface area contributed by atoms with Gasteiger partial charge in [0, 0.05) is 5.56 Å². The van der Waals surface area contributed by atoms with E-state index in [0.29, 0.717) is 34.2 Å². The Morgan fingerprint density at radius 2 is 2.05 bits per heavy atom. The Bertz CT molecular complexity index is 522. The number of halogens is 2. The Morgan fingerprint density at radius 1 is 1.47 bits per heavy atom. The number of methoxy groups -OCH3 is 1. The van der Waals surface area contributed by atoms with E-state index in [-0.39, 0.29) is 0 Å². The lowest BCUT2D eigenvalue weighted by Crippen LogP contribution is -2.34. The molecular formula is C14H16BrFO3. The molecule has 0 bridgehead atoms. The van der Waals surface area contributed by atoms with Crippen LogP contribution in [0.3, 0.4) is 0 Å². The Morgan fingerprint density at radius 3 is 2.53 bits per heavy atom. The highest BCUT2D eigenvalue weighted by Crippen LogP contribution is 2.49. The number of carbonyl (C=O) groups is 1. The fraction of sp³-hybridized carbons (Fsp3) is 0.500. The van der Waals surface area contributed by atoms with Gasteiger partial charge < -0.3 is 9.84 Å². The number of rotatable bonds is 3. The molecule has 104 valence electrons. The number of carboxylic acid groups (broad SMARTS) is 1. The van der Waals surface area contributed by atoms with Crippen LogP contribution in [0.15, 0.2) is 10.5 Å². The molecule has 0 radical (unpaired) electrons. The Hall–Kier alpha value is -1.10. The summed E-state index contributed by atoms with van der Waals surface area (Å²) in [6, 6.07) is 1.32. The Labute approximate surface area is 119 Å². The maximum absolute atomic E-state index is 14.0. The Balaban J connectivity index is 2.76. The van der Waals surface area contributed by atoms with Crippen molar-refractivity contribution < 1.29 is 19.0 Å². The minimum atomic E-state index is -1.03. The van der Waals surface area contributed by atoms with E-state index in [1.54, 1.807) is 6.92 Å². The normalized spacial score (nSPS) is 17.5. The summed E-state index contributed by atoms with van der Waals surface area (Å²) in [6.07, 6.45) is 2.72. The first-order valence-corrected chi connectivity index (χ1v) is 7.00. The van der Waals surface area contributed by atoms with Crippen LogP contribution >= 0.6 is 15.9 Å². The van der Waals surface area contributed by atoms with Gasteiger partial charge in [-0.1, -0.05) is 12.8 Å². The summed E-state index contributed by atoms with van der Waals surface area (Å²) in [7, 11) is 1.48. The third kappa shape index (κ3) is 2.14. The van der Waals surface area contributed by atoms with Crippen LogP contribution in [0.4, 0.5) is 4.39 Å². The summed E-state index contributed by atoms with van der Waals surface area (Å²) >= 11 is 3.25. The van der Waals surface area contributed by atoms with E-state index in [4.69, 9.17) is 4.74 Å². The number of hydrogen-bond acceptors (Lipinski definition) is 2. The van der Waals surface area contributed by atoms with Gasteiger partial charge in [0.25, 0.3) is 0 Å². The van der Waals surface area contributed by atoms with Gasteiger partial charge in [0.1, 0.15) is 11.6 Å². The van der Waals surface area contributed by atoms with Crippen molar-refractivity contribution in [3.8, 4) is 5.75 Å². The molecule has 0 atom stereocenters. The van der Waals surface area contributed by atoms with Crippen molar-refractivity contribution >= 4 is 21.9 Å². The molecule has 3 nitrogen and oxygen atoms in total. The fourth-order valence-electron chi connectivity index (χ4n) is 3.02. The van der Waals surface area contributed by atoms with E-state index in [9.17, 15) is 14.3 Å². The molecule has 5 heteroatoms. The van der Waals surface area contributed by atoms with Gasteiger partial charge in [-0.05, 0) is 47.3 Å². The largest absolute Gasteiger partial charge is 0.495 e. The molecule has 0 aromatic heterocycles. The van der Waals surface area contributed by atoms with Gasteiger partial charge in [0.05, 0.1) is 17.0 Å². The summed E-state index contributed by atoms with van der Waals surface area (Å²) in [5, 5.41) is 9.65. The van der Waals surface area contributed by atoms with Crippen LogP contribution in [-0.2, 0) is 10.2 Å². The highest BCUT2D eigenvalue weighted by atomic mass is 79.9. The predicted octanol–water partition coefficient (Wildman–Crippen LogP) is 3.80. The van der Waals surface area contributed by atoms with E-state index >= 15 is 0 Å². The van der Waals surface area contributed by atoms with Crippen molar-refractivity contribution in [1.82, 2.24) is 0 Å². The minimum Gasteiger partial charge on any atom is -0.495 e. The van der Waals surface area contributed by atoms with Crippen molar-refractivity contribution in [2.75, 3.05) is 7.11 Å². The Kier molecular flexibility index (Phi) is 3.85. The van der Waals surface area contributed by atoms with Crippen LogP contribution < -0.4 is 4.74 Å². The van der Waals surface area contributed by atoms with Gasteiger partial charge in [-0.2, -0.15) is 0 Å². The first kappa shape index (κ1) is 14.3. The van der Waals surface area contributed by atoms with Crippen LogP contribution in [0.25, 0.3) is 0 Å². The molecule has 1 aliphatic carbocycles. The smallest absolute Gasteiger partial charge is 0.314 e. The summed E-state index contributed by atoms with van der Waals surface area (Å²) < 4.78 is 19.7. The molecule has 2 rings (SSSR count). The fourth-order valence-corrected chi connectivity index (χ4v) is 3.58. The van der Waals surface area contributed by atoms with Crippen LogP contribution in [0.5, 0.6) is 5.75 Å². The van der Waals surface area contributed by atoms with Crippen LogP contribution in [0.2, 0.25) is 0 Å². The van der Waals surface area contributed by atoms with Crippen LogP contribution in [-0.4, -0.2) is 18.2 Å². The van der Waals surface area contributed by atoms with E-state index in [1.165, 1.54) is 13.2 Å². The molecule has 0 heterocycles. The van der Waals surface area contributed by atoms with Crippen molar-refractivity contribution in [2.45, 2.75) is 38.0 Å². The predicted molar refractivity (Wildman–Crippen MR) is 73.2 cm³/mol. The second kappa shape index (κ2) is 5.12. The van der Waals surface area contributed by atoms with Crippen molar-refractivity contribution in [3.63, 3.8) is 0 Å². The van der Waals surface area contributed by atoms with Crippen molar-refractivity contribution in [3.05, 3.63) is 27.5 Å². The molecule has 0 spiro atoms. The number of carboxylic acids is 1. The molecule has 0 aliphatic heterocycles. The quantitative estimate of drug-likeness (QED) is 0.916. The van der Waals surface area contributed by atoms with Gasteiger partial charge in [-0.3, -0.25) is 4.79 Å². The number of ether oxygens (including phenoxy) is 1. The first-order valence-electron chi connectivity index (χ1n) is 6.20. The monoisotopic (exact) mass is 330 g/mol. The van der Waals surface area contributed by atoms with Crippen molar-refractivity contribution in [2.24, 2.45) is 0 Å². The molecule has 1 N–H and O–H groups in total. The third-order valence-electron chi connectivity index (χ3n) is 3.98. The molecule has 1 aliphatic rings. The zero-order chi connectivity index (χ0) is 14.2. The van der Waals surface area contributed by atoms with Gasteiger partial charge in [-0.25, -0.2) is 4.39 Å². The second-order valence-electron chi connectivity index (χ2n) is 4.97. The van der Waals surface area contributed by atoms with E-state index in [2.05, 4.69) is 15.9 Å². The molecule has 1 fully saturated rings. The van der Waals surface area contributed by atoms with Crippen molar-refractivity contribution in [1.29, 1.82) is 0 Å². The maximum Gasteiger partial charge on any atom is 0.314 e. The highest BCUT2D eigenvalue weighted by Gasteiger charge is 2.46. The van der Waals surface area contributed by atoms with E-state index in [0.717, 1.165) is 12.8 Å². The van der Waals surface area contributed by atoms with Gasteiger partial charge in [0.15, 0.2) is 0 Å². The zero-order valence-corrected chi connectivity index (χ0v) is 12.5. The van der Waals surface area contributed by atoms with Gasteiger partial charge >= 0.3 is 5.97 Å². The average molecular weight is 331 g/mol. The van der Waals surface area contributed by atoms with E-state index < -0.39 is 17.2 Å². The van der Waals surface area contributed by atoms with Gasteiger partial charge in [-0.15, -0.1) is 0 Å². The lowest BCUT2D eigenvalue weighted by molar-refractivity contribution is -0.143. The van der Waals surface area contributed by atoms with Crippen LogP contribution in [0, 0.1) is 12.7 Å². The lowest BCUT2D eigenvalue weighted by atomic mass is 9.76. The maximum atomic E-state index is 14.0. The molecule has 0 unspecified atom stereocenters. The lowest BCUT2D eigenvalue weighted by Gasteiger charge is -2.29. The zero-order valence-electron chi connectivity index (χ0n) is 10.9. The molecule has 0 amide bonds. The topological polar surface area (TPSA) is 46.5 Å². The van der Waals surface area contributed by atoms with Crippen LogP contribution in [0.1, 0.15) is 36.8 Å². The molecule has 0 saturated heterocycles. The molecule has 1 aromatic carbocycles. The minimum absolute atomic E-state index is 0.365. The standard InChI is InChI=1S/C14H16BrFO3/c1-8-10(16)7-9(15)12(19-2)11(8)14(13(17)18)5-3-4-6-14/h7H,3-6H2,1-2H3,(H,17,18).